The molecule has 0 saturated carbocycles. The van der Waals surface area contributed by atoms with Crippen LogP contribution in [-0.2, 0) is 4.79 Å². The molecule has 0 unspecified atom stereocenters. The summed E-state index contributed by atoms with van der Waals surface area (Å²) in [7, 11) is 0. The van der Waals surface area contributed by atoms with Crippen LogP contribution in [0.25, 0.3) is 0 Å². The Bertz CT molecular complexity index is 768. The quantitative estimate of drug-likeness (QED) is 0.726. The molecule has 0 aliphatic carbocycles. The summed E-state index contributed by atoms with van der Waals surface area (Å²) in [5.41, 5.74) is 1.75. The Balaban J connectivity index is 2.27. The third-order valence-corrected chi connectivity index (χ3v) is 3.82. The minimum atomic E-state index is -0.467. The Morgan fingerprint density at radius 3 is 2.46 bits per heavy atom. The molecule has 0 aromatic heterocycles. The third kappa shape index (κ3) is 4.06. The van der Waals surface area contributed by atoms with E-state index in [-0.39, 0.29) is 28.2 Å². The fraction of sp³-hybridized carbons (Fsp3) is 0.222. The molecule has 0 bridgehead atoms. The Labute approximate surface area is 145 Å². The summed E-state index contributed by atoms with van der Waals surface area (Å²) in [6.45, 7) is 5.33. The van der Waals surface area contributed by atoms with Gasteiger partial charge in [0.15, 0.2) is 0 Å². The molecular weight excluding hydrogens is 328 g/mol. The minimum Gasteiger partial charge on any atom is -0.506 e. The second-order valence-electron chi connectivity index (χ2n) is 5.76. The third-order valence-electron chi connectivity index (χ3n) is 3.49. The van der Waals surface area contributed by atoms with E-state index in [1.165, 1.54) is 12.1 Å². The monoisotopic (exact) mass is 346 g/mol. The molecule has 0 heterocycles. The molecule has 0 fully saturated rings. The highest BCUT2D eigenvalue weighted by Crippen LogP contribution is 2.28. The number of aryl methyl sites for hydroxylation is 1. The normalized spacial score (nSPS) is 10.5. The first-order valence-electron chi connectivity index (χ1n) is 7.50. The van der Waals surface area contributed by atoms with Crippen molar-refractivity contribution in [2.24, 2.45) is 5.92 Å². The van der Waals surface area contributed by atoms with Gasteiger partial charge in [-0.15, -0.1) is 0 Å². The van der Waals surface area contributed by atoms with E-state index in [1.807, 2.05) is 0 Å². The number of benzene rings is 2. The van der Waals surface area contributed by atoms with Gasteiger partial charge in [-0.25, -0.2) is 0 Å². The van der Waals surface area contributed by atoms with Gasteiger partial charge in [0, 0.05) is 11.6 Å². The molecule has 0 radical (unpaired) electrons. The minimum absolute atomic E-state index is 0.0243. The smallest absolute Gasteiger partial charge is 0.257 e. The van der Waals surface area contributed by atoms with Crippen LogP contribution in [0.2, 0.25) is 5.02 Å². The number of hydrogen-bond acceptors (Lipinski definition) is 3. The van der Waals surface area contributed by atoms with Gasteiger partial charge in [0.2, 0.25) is 5.91 Å². The van der Waals surface area contributed by atoms with E-state index in [1.54, 1.807) is 45.0 Å². The van der Waals surface area contributed by atoms with E-state index in [9.17, 15) is 14.7 Å². The fourth-order valence-corrected chi connectivity index (χ4v) is 2.26. The van der Waals surface area contributed by atoms with E-state index < -0.39 is 5.91 Å². The highest BCUT2D eigenvalue weighted by molar-refractivity contribution is 6.34. The molecule has 2 rings (SSSR count). The Morgan fingerprint density at radius 1 is 1.12 bits per heavy atom. The number of phenols is 1. The van der Waals surface area contributed by atoms with Crippen LogP contribution in [0.15, 0.2) is 36.4 Å². The van der Waals surface area contributed by atoms with Gasteiger partial charge in [0.05, 0.1) is 16.3 Å². The Hall–Kier alpha value is -2.53. The number of amides is 2. The summed E-state index contributed by atoms with van der Waals surface area (Å²) in [4.78, 5) is 24.3. The van der Waals surface area contributed by atoms with E-state index in [0.717, 1.165) is 5.56 Å². The molecule has 3 N–H and O–H groups in total. The van der Waals surface area contributed by atoms with Crippen LogP contribution in [0.5, 0.6) is 5.75 Å². The first kappa shape index (κ1) is 17.8. The van der Waals surface area contributed by atoms with Crippen molar-refractivity contribution < 1.29 is 14.7 Å². The van der Waals surface area contributed by atoms with Gasteiger partial charge < -0.3 is 15.7 Å². The summed E-state index contributed by atoms with van der Waals surface area (Å²) in [5, 5.41) is 15.5. The average Bonchev–Trinajstić information content (AvgIpc) is 2.52. The molecule has 2 amide bonds. The van der Waals surface area contributed by atoms with Crippen molar-refractivity contribution in [2.45, 2.75) is 20.8 Å². The SMILES string of the molecule is Cc1cccc(O)c1NC(=O)c1cc(NC(=O)C(C)C)ccc1Cl. The predicted molar refractivity (Wildman–Crippen MR) is 95.7 cm³/mol. The molecule has 6 heteroatoms. The number of anilines is 2. The summed E-state index contributed by atoms with van der Waals surface area (Å²) in [5.74, 6) is -0.823. The van der Waals surface area contributed by atoms with Crippen molar-refractivity contribution in [3.05, 3.63) is 52.5 Å². The molecule has 24 heavy (non-hydrogen) atoms. The van der Waals surface area contributed by atoms with E-state index in [0.29, 0.717) is 11.4 Å². The van der Waals surface area contributed by atoms with Crippen LogP contribution in [0.4, 0.5) is 11.4 Å². The lowest BCUT2D eigenvalue weighted by atomic mass is 10.1. The fourth-order valence-electron chi connectivity index (χ4n) is 2.06. The summed E-state index contributed by atoms with van der Waals surface area (Å²) in [6, 6.07) is 9.64. The standard InChI is InChI=1S/C18H19ClN2O3/c1-10(2)17(23)20-12-7-8-14(19)13(9-12)18(24)21-16-11(3)5-4-6-15(16)22/h4-10,22H,1-3H3,(H,20,23)(H,21,24). The number of phenolic OH excluding ortho intramolecular Hbond substituents is 1. The van der Waals surface area contributed by atoms with Crippen LogP contribution in [0.1, 0.15) is 29.8 Å². The maximum Gasteiger partial charge on any atom is 0.257 e. The first-order chi connectivity index (χ1) is 11.3. The number of halogens is 1. The molecule has 2 aromatic rings. The second kappa shape index (κ2) is 7.36. The molecule has 0 aliphatic heterocycles. The first-order valence-corrected chi connectivity index (χ1v) is 7.87. The summed E-state index contributed by atoms with van der Waals surface area (Å²) in [6.07, 6.45) is 0. The van der Waals surface area contributed by atoms with Gasteiger partial charge in [-0.05, 0) is 36.8 Å². The average molecular weight is 347 g/mol. The summed E-state index contributed by atoms with van der Waals surface area (Å²) >= 11 is 6.10. The predicted octanol–water partition coefficient (Wildman–Crippen LogP) is 4.20. The Kier molecular flexibility index (Phi) is 5.46. The van der Waals surface area contributed by atoms with E-state index in [2.05, 4.69) is 10.6 Å². The molecule has 0 aliphatic rings. The number of aromatic hydroxyl groups is 1. The van der Waals surface area contributed by atoms with Crippen molar-refractivity contribution in [3.63, 3.8) is 0 Å². The van der Waals surface area contributed by atoms with Gasteiger partial charge in [0.25, 0.3) is 5.91 Å². The number of hydrogen-bond donors (Lipinski definition) is 3. The summed E-state index contributed by atoms with van der Waals surface area (Å²) < 4.78 is 0. The van der Waals surface area contributed by atoms with Crippen LogP contribution in [-0.4, -0.2) is 16.9 Å². The van der Waals surface area contributed by atoms with Gasteiger partial charge in [-0.3, -0.25) is 9.59 Å². The molecule has 0 atom stereocenters. The molecule has 0 spiro atoms. The largest absolute Gasteiger partial charge is 0.506 e. The van der Waals surface area contributed by atoms with Crippen molar-refractivity contribution in [1.29, 1.82) is 0 Å². The van der Waals surface area contributed by atoms with E-state index in [4.69, 9.17) is 11.6 Å². The van der Waals surface area contributed by atoms with Crippen LogP contribution >= 0.6 is 11.6 Å². The van der Waals surface area contributed by atoms with Gasteiger partial charge in [-0.1, -0.05) is 37.6 Å². The highest BCUT2D eigenvalue weighted by Gasteiger charge is 2.16. The number of nitrogens with one attached hydrogen (secondary N) is 2. The number of carbonyl (C=O) groups excluding carboxylic acids is 2. The topological polar surface area (TPSA) is 78.4 Å². The number of carbonyl (C=O) groups is 2. The molecule has 126 valence electrons. The van der Waals surface area contributed by atoms with Crippen LogP contribution < -0.4 is 10.6 Å². The van der Waals surface area contributed by atoms with E-state index >= 15 is 0 Å². The molecule has 0 saturated heterocycles. The maximum atomic E-state index is 12.5. The van der Waals surface area contributed by atoms with Gasteiger partial charge in [0.1, 0.15) is 5.75 Å². The molecule has 5 nitrogen and oxygen atoms in total. The van der Waals surface area contributed by atoms with Gasteiger partial charge in [-0.2, -0.15) is 0 Å². The zero-order chi connectivity index (χ0) is 17.9. The van der Waals surface area contributed by atoms with Crippen LogP contribution in [0.3, 0.4) is 0 Å². The highest BCUT2D eigenvalue weighted by atomic mass is 35.5. The van der Waals surface area contributed by atoms with Crippen molar-refractivity contribution in [2.75, 3.05) is 10.6 Å². The molecular formula is C18H19ClN2O3. The van der Waals surface area contributed by atoms with Gasteiger partial charge >= 0.3 is 0 Å². The number of rotatable bonds is 4. The van der Waals surface area contributed by atoms with Crippen molar-refractivity contribution >= 4 is 34.8 Å². The lowest BCUT2D eigenvalue weighted by molar-refractivity contribution is -0.118. The molecule has 2 aromatic carbocycles. The number of para-hydroxylation sites is 1. The Morgan fingerprint density at radius 2 is 1.83 bits per heavy atom. The van der Waals surface area contributed by atoms with Crippen molar-refractivity contribution in [3.8, 4) is 5.75 Å². The second-order valence-corrected chi connectivity index (χ2v) is 6.17. The van der Waals surface area contributed by atoms with Crippen LogP contribution in [0, 0.1) is 12.8 Å². The lowest BCUT2D eigenvalue weighted by Gasteiger charge is -2.13. The van der Waals surface area contributed by atoms with Crippen molar-refractivity contribution in [1.82, 2.24) is 0 Å². The maximum absolute atomic E-state index is 12.5. The lowest BCUT2D eigenvalue weighted by Crippen LogP contribution is -2.19. The zero-order valence-electron chi connectivity index (χ0n) is 13.7. The zero-order valence-corrected chi connectivity index (χ0v) is 14.4.